The maximum absolute atomic E-state index is 11.7. The molecule has 0 bridgehead atoms. The standard InChI is InChI=1S/C14H20N4O3/c1-10(19)16-11-4-6-12(7-5-11)17-14(21)13(20)15-8-9-18(2)3/h4-7H,8-9H2,1-3H3,(H,15,20)(H,16,19)(H,17,21)/p+1. The minimum absolute atomic E-state index is 0.172. The fourth-order valence-electron chi connectivity index (χ4n) is 1.53. The average molecular weight is 293 g/mol. The Labute approximate surface area is 123 Å². The van der Waals surface area contributed by atoms with Gasteiger partial charge in [-0.3, -0.25) is 14.4 Å². The Morgan fingerprint density at radius 1 is 0.952 bits per heavy atom. The van der Waals surface area contributed by atoms with Crippen LogP contribution in [0.3, 0.4) is 0 Å². The van der Waals surface area contributed by atoms with Crippen molar-refractivity contribution in [2.45, 2.75) is 6.92 Å². The summed E-state index contributed by atoms with van der Waals surface area (Å²) in [5.74, 6) is -1.55. The summed E-state index contributed by atoms with van der Waals surface area (Å²) in [4.78, 5) is 35.3. The highest BCUT2D eigenvalue weighted by molar-refractivity contribution is 6.39. The van der Waals surface area contributed by atoms with Crippen LogP contribution in [0.2, 0.25) is 0 Å². The molecule has 0 unspecified atom stereocenters. The van der Waals surface area contributed by atoms with E-state index in [1.165, 1.54) is 11.8 Å². The molecular formula is C14H21N4O3+. The highest BCUT2D eigenvalue weighted by Gasteiger charge is 2.13. The predicted molar refractivity (Wildman–Crippen MR) is 80.1 cm³/mol. The van der Waals surface area contributed by atoms with E-state index in [1.54, 1.807) is 24.3 Å². The molecule has 0 aliphatic rings. The second kappa shape index (κ2) is 8.01. The number of nitrogens with one attached hydrogen (secondary N) is 4. The zero-order chi connectivity index (χ0) is 15.8. The Hall–Kier alpha value is -2.41. The first-order valence-electron chi connectivity index (χ1n) is 6.64. The first-order chi connectivity index (χ1) is 9.88. The first-order valence-corrected chi connectivity index (χ1v) is 6.64. The molecule has 0 aromatic heterocycles. The van der Waals surface area contributed by atoms with Crippen molar-refractivity contribution in [1.29, 1.82) is 0 Å². The third kappa shape index (κ3) is 6.53. The quantitative estimate of drug-likeness (QED) is 0.516. The van der Waals surface area contributed by atoms with Crippen molar-refractivity contribution in [1.82, 2.24) is 5.32 Å². The lowest BCUT2D eigenvalue weighted by molar-refractivity contribution is -0.856. The number of rotatable bonds is 5. The highest BCUT2D eigenvalue weighted by atomic mass is 16.2. The number of carbonyl (C=O) groups excluding carboxylic acids is 3. The molecule has 1 aromatic rings. The highest BCUT2D eigenvalue weighted by Crippen LogP contribution is 2.13. The number of amides is 3. The summed E-state index contributed by atoms with van der Waals surface area (Å²) in [6.45, 7) is 2.59. The van der Waals surface area contributed by atoms with E-state index in [9.17, 15) is 14.4 Å². The zero-order valence-corrected chi connectivity index (χ0v) is 12.4. The lowest BCUT2D eigenvalue weighted by atomic mass is 10.2. The van der Waals surface area contributed by atoms with Crippen molar-refractivity contribution in [3.05, 3.63) is 24.3 Å². The fraction of sp³-hybridized carbons (Fsp3) is 0.357. The molecule has 7 heteroatoms. The van der Waals surface area contributed by atoms with Gasteiger partial charge in [-0.25, -0.2) is 0 Å². The molecule has 1 aromatic carbocycles. The maximum Gasteiger partial charge on any atom is 0.313 e. The molecule has 0 saturated carbocycles. The van der Waals surface area contributed by atoms with Crippen LogP contribution in [-0.2, 0) is 14.4 Å². The van der Waals surface area contributed by atoms with Crippen LogP contribution in [0.25, 0.3) is 0 Å². The largest absolute Gasteiger partial charge is 0.342 e. The molecule has 7 nitrogen and oxygen atoms in total. The van der Waals surface area contributed by atoms with Crippen LogP contribution >= 0.6 is 0 Å². The number of hydrogen-bond donors (Lipinski definition) is 4. The molecule has 3 amide bonds. The van der Waals surface area contributed by atoms with Gasteiger partial charge in [0.05, 0.1) is 27.2 Å². The lowest BCUT2D eigenvalue weighted by Gasteiger charge is -2.09. The molecule has 0 saturated heterocycles. The van der Waals surface area contributed by atoms with E-state index in [-0.39, 0.29) is 5.91 Å². The van der Waals surface area contributed by atoms with E-state index in [0.29, 0.717) is 17.9 Å². The number of carbonyl (C=O) groups is 3. The second-order valence-corrected chi connectivity index (χ2v) is 4.93. The van der Waals surface area contributed by atoms with Gasteiger partial charge in [0.25, 0.3) is 0 Å². The smallest absolute Gasteiger partial charge is 0.313 e. The lowest BCUT2D eigenvalue weighted by Crippen LogP contribution is -3.06. The van der Waals surface area contributed by atoms with Gasteiger partial charge in [-0.05, 0) is 24.3 Å². The van der Waals surface area contributed by atoms with Gasteiger partial charge in [-0.15, -0.1) is 0 Å². The minimum atomic E-state index is -0.712. The van der Waals surface area contributed by atoms with Crippen LogP contribution in [0.5, 0.6) is 0 Å². The fourth-order valence-corrected chi connectivity index (χ4v) is 1.53. The Balaban J connectivity index is 2.46. The van der Waals surface area contributed by atoms with Gasteiger partial charge in [0.1, 0.15) is 0 Å². The van der Waals surface area contributed by atoms with Gasteiger partial charge >= 0.3 is 11.8 Å². The number of hydrogen-bond acceptors (Lipinski definition) is 3. The molecule has 0 atom stereocenters. The minimum Gasteiger partial charge on any atom is -0.342 e. The Morgan fingerprint density at radius 2 is 1.48 bits per heavy atom. The number of anilines is 2. The van der Waals surface area contributed by atoms with Gasteiger partial charge in [0, 0.05) is 18.3 Å². The third-order valence-corrected chi connectivity index (χ3v) is 2.58. The molecule has 0 aliphatic carbocycles. The Bertz CT molecular complexity index is 511. The first kappa shape index (κ1) is 16.6. The SMILES string of the molecule is CC(=O)Nc1ccc(NC(=O)C(=O)NCC[NH+](C)C)cc1. The monoisotopic (exact) mass is 293 g/mol. The maximum atomic E-state index is 11.7. The van der Waals surface area contributed by atoms with E-state index in [1.807, 2.05) is 14.1 Å². The summed E-state index contributed by atoms with van der Waals surface area (Å²) in [5.41, 5.74) is 1.11. The van der Waals surface area contributed by atoms with E-state index < -0.39 is 11.8 Å². The van der Waals surface area contributed by atoms with Gasteiger partial charge in [0.15, 0.2) is 0 Å². The number of benzene rings is 1. The normalized spacial score (nSPS) is 10.1. The van der Waals surface area contributed by atoms with Crippen LogP contribution in [0.15, 0.2) is 24.3 Å². The van der Waals surface area contributed by atoms with Crippen molar-refractivity contribution in [2.24, 2.45) is 0 Å². The summed E-state index contributed by atoms with van der Waals surface area (Å²) in [7, 11) is 3.92. The van der Waals surface area contributed by atoms with Crippen molar-refractivity contribution in [2.75, 3.05) is 37.8 Å². The van der Waals surface area contributed by atoms with Crippen molar-refractivity contribution in [3.8, 4) is 0 Å². The van der Waals surface area contributed by atoms with Crippen molar-refractivity contribution in [3.63, 3.8) is 0 Å². The van der Waals surface area contributed by atoms with E-state index in [4.69, 9.17) is 0 Å². The van der Waals surface area contributed by atoms with E-state index in [2.05, 4.69) is 16.0 Å². The van der Waals surface area contributed by atoms with Gasteiger partial charge < -0.3 is 20.9 Å². The van der Waals surface area contributed by atoms with Crippen molar-refractivity contribution >= 4 is 29.1 Å². The molecule has 0 heterocycles. The Morgan fingerprint density at radius 3 is 1.95 bits per heavy atom. The van der Waals surface area contributed by atoms with Gasteiger partial charge in [-0.2, -0.15) is 0 Å². The van der Waals surface area contributed by atoms with Gasteiger partial charge in [0.2, 0.25) is 5.91 Å². The summed E-state index contributed by atoms with van der Waals surface area (Å²) in [6.07, 6.45) is 0. The molecule has 0 fully saturated rings. The summed E-state index contributed by atoms with van der Waals surface area (Å²) in [6, 6.07) is 6.51. The molecule has 0 radical (unpaired) electrons. The molecule has 114 valence electrons. The van der Waals surface area contributed by atoms with Crippen LogP contribution in [0, 0.1) is 0 Å². The van der Waals surface area contributed by atoms with Crippen LogP contribution in [0.4, 0.5) is 11.4 Å². The number of likely N-dealkylation sites (N-methyl/N-ethyl adjacent to an activating group) is 1. The predicted octanol–water partition coefficient (Wildman–Crippen LogP) is -1.16. The summed E-state index contributed by atoms with van der Waals surface area (Å²) in [5, 5.41) is 7.65. The molecule has 0 spiro atoms. The zero-order valence-electron chi connectivity index (χ0n) is 12.4. The van der Waals surface area contributed by atoms with E-state index >= 15 is 0 Å². The average Bonchev–Trinajstić information content (AvgIpc) is 2.39. The van der Waals surface area contributed by atoms with Crippen LogP contribution in [-0.4, -0.2) is 44.9 Å². The van der Waals surface area contributed by atoms with Crippen LogP contribution in [0.1, 0.15) is 6.92 Å². The molecule has 0 aliphatic heterocycles. The molecule has 21 heavy (non-hydrogen) atoms. The van der Waals surface area contributed by atoms with Crippen molar-refractivity contribution < 1.29 is 19.3 Å². The Kier molecular flexibility index (Phi) is 6.35. The third-order valence-electron chi connectivity index (χ3n) is 2.58. The number of quaternary nitrogens is 1. The topological polar surface area (TPSA) is 91.7 Å². The van der Waals surface area contributed by atoms with Crippen LogP contribution < -0.4 is 20.9 Å². The summed E-state index contributed by atoms with van der Waals surface area (Å²) >= 11 is 0. The molecule has 1 rings (SSSR count). The summed E-state index contributed by atoms with van der Waals surface area (Å²) < 4.78 is 0. The second-order valence-electron chi connectivity index (χ2n) is 4.93. The molecular weight excluding hydrogens is 272 g/mol. The van der Waals surface area contributed by atoms with Gasteiger partial charge in [-0.1, -0.05) is 0 Å². The van der Waals surface area contributed by atoms with E-state index in [0.717, 1.165) is 6.54 Å². The molecule has 4 N–H and O–H groups in total.